The molecule has 24 heavy (non-hydrogen) atoms. The average molecular weight is 325 g/mol. The van der Waals surface area contributed by atoms with Gasteiger partial charge in [0.25, 0.3) is 0 Å². The van der Waals surface area contributed by atoms with Crippen LogP contribution in [0, 0.1) is 5.92 Å². The minimum absolute atomic E-state index is 0.248. The number of rotatable bonds is 3. The van der Waals surface area contributed by atoms with Crippen LogP contribution < -0.4 is 16.7 Å². The Kier molecular flexibility index (Phi) is 4.08. The van der Waals surface area contributed by atoms with Crippen LogP contribution in [-0.2, 0) is 6.54 Å². The number of nitrogens with one attached hydrogen (secondary N) is 1. The SMILES string of the molecule is Nc1ccn(-c2ccc(CN3CC[C@H]4NCC[C@H]4C3)cc2)c(=O)n1. The summed E-state index contributed by atoms with van der Waals surface area (Å²) < 4.78 is 1.51. The highest BCUT2D eigenvalue weighted by molar-refractivity contribution is 5.36. The van der Waals surface area contributed by atoms with Gasteiger partial charge in [-0.15, -0.1) is 0 Å². The summed E-state index contributed by atoms with van der Waals surface area (Å²) in [4.78, 5) is 18.2. The van der Waals surface area contributed by atoms with Crippen molar-refractivity contribution in [3.8, 4) is 5.69 Å². The molecular weight excluding hydrogens is 302 g/mol. The van der Waals surface area contributed by atoms with E-state index in [0.29, 0.717) is 0 Å². The molecule has 0 unspecified atom stereocenters. The predicted octanol–water partition coefficient (Wildman–Crippen LogP) is 0.998. The number of piperidine rings is 1. The molecule has 6 nitrogen and oxygen atoms in total. The molecule has 0 bridgehead atoms. The molecule has 0 amide bonds. The van der Waals surface area contributed by atoms with Gasteiger partial charge in [0.1, 0.15) is 5.82 Å². The van der Waals surface area contributed by atoms with Crippen molar-refractivity contribution < 1.29 is 0 Å². The molecule has 2 aliphatic rings. The van der Waals surface area contributed by atoms with Gasteiger partial charge in [-0.2, -0.15) is 4.98 Å². The Balaban J connectivity index is 1.45. The molecule has 126 valence electrons. The third-order valence-corrected chi connectivity index (χ3v) is 5.19. The number of hydrogen-bond donors (Lipinski definition) is 2. The number of fused-ring (bicyclic) bond motifs is 1. The molecule has 2 saturated heterocycles. The van der Waals surface area contributed by atoms with Gasteiger partial charge in [0, 0.05) is 25.3 Å². The fourth-order valence-corrected chi connectivity index (χ4v) is 3.90. The average Bonchev–Trinajstić information content (AvgIpc) is 3.04. The second-order valence-corrected chi connectivity index (χ2v) is 6.80. The number of nitrogens with two attached hydrogens (primary N) is 1. The fraction of sp³-hybridized carbons (Fsp3) is 0.444. The number of anilines is 1. The molecule has 2 aromatic rings. The van der Waals surface area contributed by atoms with Crippen LogP contribution in [0.25, 0.3) is 5.69 Å². The van der Waals surface area contributed by atoms with Crippen molar-refractivity contribution in [3.05, 3.63) is 52.6 Å². The molecule has 0 spiro atoms. The molecule has 2 aliphatic heterocycles. The zero-order chi connectivity index (χ0) is 16.5. The smallest absolute Gasteiger partial charge is 0.354 e. The maximum absolute atomic E-state index is 11.9. The Labute approximate surface area is 141 Å². The van der Waals surface area contributed by atoms with E-state index < -0.39 is 0 Å². The van der Waals surface area contributed by atoms with E-state index in [9.17, 15) is 4.79 Å². The lowest BCUT2D eigenvalue weighted by atomic mass is 9.93. The zero-order valence-corrected chi connectivity index (χ0v) is 13.7. The Hall–Kier alpha value is -2.18. The first kappa shape index (κ1) is 15.4. The molecule has 3 heterocycles. The van der Waals surface area contributed by atoms with Gasteiger partial charge in [0.15, 0.2) is 0 Å². The van der Waals surface area contributed by atoms with Crippen molar-refractivity contribution >= 4 is 5.82 Å². The minimum atomic E-state index is -0.349. The first-order valence-electron chi connectivity index (χ1n) is 8.59. The summed E-state index contributed by atoms with van der Waals surface area (Å²) in [6.07, 6.45) is 4.21. The molecule has 1 aromatic heterocycles. The summed E-state index contributed by atoms with van der Waals surface area (Å²) in [5.74, 6) is 1.05. The maximum atomic E-state index is 11.9. The molecule has 0 aliphatic carbocycles. The molecule has 3 N–H and O–H groups in total. The highest BCUT2D eigenvalue weighted by Crippen LogP contribution is 2.25. The van der Waals surface area contributed by atoms with Crippen LogP contribution in [-0.4, -0.2) is 40.1 Å². The van der Waals surface area contributed by atoms with Crippen LogP contribution in [0.5, 0.6) is 0 Å². The van der Waals surface area contributed by atoms with Gasteiger partial charge < -0.3 is 11.1 Å². The highest BCUT2D eigenvalue weighted by Gasteiger charge is 2.32. The maximum Gasteiger partial charge on any atom is 0.354 e. The van der Waals surface area contributed by atoms with E-state index in [4.69, 9.17) is 5.73 Å². The normalized spacial score (nSPS) is 24.0. The lowest BCUT2D eigenvalue weighted by Crippen LogP contribution is -2.43. The van der Waals surface area contributed by atoms with Crippen LogP contribution in [0.1, 0.15) is 18.4 Å². The lowest BCUT2D eigenvalue weighted by Gasteiger charge is -2.34. The summed E-state index contributed by atoms with van der Waals surface area (Å²) >= 11 is 0. The second-order valence-electron chi connectivity index (χ2n) is 6.80. The van der Waals surface area contributed by atoms with E-state index in [-0.39, 0.29) is 11.5 Å². The third kappa shape index (κ3) is 3.07. The number of nitrogen functional groups attached to an aromatic ring is 1. The quantitative estimate of drug-likeness (QED) is 0.880. The Morgan fingerprint density at radius 2 is 2.04 bits per heavy atom. The molecular formula is C18H23N5O. The van der Waals surface area contributed by atoms with Gasteiger partial charge in [0.2, 0.25) is 0 Å². The third-order valence-electron chi connectivity index (χ3n) is 5.19. The van der Waals surface area contributed by atoms with Crippen molar-refractivity contribution in [1.29, 1.82) is 0 Å². The molecule has 2 atom stereocenters. The van der Waals surface area contributed by atoms with Crippen molar-refractivity contribution in [3.63, 3.8) is 0 Å². The Morgan fingerprint density at radius 1 is 1.21 bits per heavy atom. The Morgan fingerprint density at radius 3 is 2.83 bits per heavy atom. The van der Waals surface area contributed by atoms with E-state index in [1.54, 1.807) is 12.3 Å². The molecule has 4 rings (SSSR count). The monoisotopic (exact) mass is 325 g/mol. The largest absolute Gasteiger partial charge is 0.383 e. The predicted molar refractivity (Wildman–Crippen MR) is 94.0 cm³/mol. The van der Waals surface area contributed by atoms with Gasteiger partial charge in [-0.25, -0.2) is 4.79 Å². The Bertz CT molecular complexity index is 770. The highest BCUT2D eigenvalue weighted by atomic mass is 16.1. The summed E-state index contributed by atoms with van der Waals surface area (Å²) in [6, 6.07) is 10.5. The first-order chi connectivity index (χ1) is 11.7. The summed E-state index contributed by atoms with van der Waals surface area (Å²) in [6.45, 7) is 4.47. The van der Waals surface area contributed by atoms with E-state index in [1.807, 2.05) is 12.1 Å². The van der Waals surface area contributed by atoms with Gasteiger partial charge in [0.05, 0.1) is 5.69 Å². The van der Waals surface area contributed by atoms with Gasteiger partial charge in [-0.1, -0.05) is 12.1 Å². The minimum Gasteiger partial charge on any atom is -0.383 e. The second kappa shape index (κ2) is 6.37. The van der Waals surface area contributed by atoms with Gasteiger partial charge in [-0.3, -0.25) is 9.47 Å². The van der Waals surface area contributed by atoms with Gasteiger partial charge in [-0.05, 0) is 55.6 Å². The van der Waals surface area contributed by atoms with Crippen LogP contribution >= 0.6 is 0 Å². The van der Waals surface area contributed by atoms with Gasteiger partial charge >= 0.3 is 5.69 Å². The number of hydrogen-bond acceptors (Lipinski definition) is 5. The van der Waals surface area contributed by atoms with Crippen molar-refractivity contribution in [2.24, 2.45) is 5.92 Å². The molecule has 0 saturated carbocycles. The molecule has 0 radical (unpaired) electrons. The van der Waals surface area contributed by atoms with E-state index in [0.717, 1.165) is 30.7 Å². The molecule has 2 fully saturated rings. The number of likely N-dealkylation sites (tertiary alicyclic amines) is 1. The van der Waals surface area contributed by atoms with Crippen molar-refractivity contribution in [2.45, 2.75) is 25.4 Å². The van der Waals surface area contributed by atoms with Crippen molar-refractivity contribution in [1.82, 2.24) is 19.8 Å². The van der Waals surface area contributed by atoms with Crippen LogP contribution in [0.4, 0.5) is 5.82 Å². The summed E-state index contributed by atoms with van der Waals surface area (Å²) in [7, 11) is 0. The number of benzene rings is 1. The van der Waals surface area contributed by atoms with Crippen molar-refractivity contribution in [2.75, 3.05) is 25.4 Å². The van der Waals surface area contributed by atoms with E-state index in [1.165, 1.54) is 36.1 Å². The van der Waals surface area contributed by atoms with E-state index >= 15 is 0 Å². The standard InChI is InChI=1S/C18H23N5O/c19-17-7-10-23(18(24)21-17)15-3-1-13(2-4-15)11-22-9-6-16-14(12-22)5-8-20-16/h1-4,7,10,14,16,20H,5-6,8-9,11-12H2,(H2,19,21,24)/t14-,16+/m0/s1. The van der Waals surface area contributed by atoms with Crippen LogP contribution in [0.3, 0.4) is 0 Å². The topological polar surface area (TPSA) is 76.2 Å². The molecule has 6 heteroatoms. The fourth-order valence-electron chi connectivity index (χ4n) is 3.90. The zero-order valence-electron chi connectivity index (χ0n) is 13.7. The number of aromatic nitrogens is 2. The van der Waals surface area contributed by atoms with Crippen LogP contribution in [0.15, 0.2) is 41.3 Å². The summed E-state index contributed by atoms with van der Waals surface area (Å²) in [5, 5.41) is 3.60. The first-order valence-corrected chi connectivity index (χ1v) is 8.59. The van der Waals surface area contributed by atoms with Crippen LogP contribution in [0.2, 0.25) is 0 Å². The number of nitrogens with zero attached hydrogens (tertiary/aromatic N) is 3. The lowest BCUT2D eigenvalue weighted by molar-refractivity contribution is 0.156. The van der Waals surface area contributed by atoms with E-state index in [2.05, 4.69) is 27.3 Å². The summed E-state index contributed by atoms with van der Waals surface area (Å²) in [5.41, 5.74) is 7.28. The molecule has 1 aromatic carbocycles.